The molecule has 1 heterocycles. The number of hydrogen-bond acceptors (Lipinski definition) is 5. The van der Waals surface area contributed by atoms with E-state index in [9.17, 15) is 9.59 Å². The van der Waals surface area contributed by atoms with Crippen LogP contribution in [-0.4, -0.2) is 18.6 Å². The molecule has 0 bridgehead atoms. The van der Waals surface area contributed by atoms with Crippen molar-refractivity contribution >= 4 is 35.0 Å². The largest absolute Gasteiger partial charge is 0.454 e. The van der Waals surface area contributed by atoms with Crippen molar-refractivity contribution in [3.63, 3.8) is 0 Å². The van der Waals surface area contributed by atoms with Gasteiger partial charge in [-0.05, 0) is 42.3 Å². The lowest BCUT2D eigenvalue weighted by atomic mass is 10.1. The number of rotatable bonds is 8. The van der Waals surface area contributed by atoms with Crippen molar-refractivity contribution < 1.29 is 19.1 Å². The standard InChI is InChI=1S/C25H24N2O4S/c1-2-7-23(28)26-18-10-6-11-20(14-18)32-24(17-8-4-3-5-9-17)25(29)27-19-12-13-21-22(15-19)31-16-30-21/h3-6,8-15,24H,2,7,16H2,1H3,(H,26,28)(H,27,29). The Kier molecular flexibility index (Phi) is 6.97. The van der Waals surface area contributed by atoms with Crippen molar-refractivity contribution in [1.82, 2.24) is 0 Å². The number of nitrogens with one attached hydrogen (secondary N) is 2. The minimum Gasteiger partial charge on any atom is -0.454 e. The van der Waals surface area contributed by atoms with Gasteiger partial charge >= 0.3 is 0 Å². The number of amides is 2. The quantitative estimate of drug-likeness (QED) is 0.437. The predicted octanol–water partition coefficient (Wildman–Crippen LogP) is 5.63. The van der Waals surface area contributed by atoms with Crippen molar-refractivity contribution in [3.8, 4) is 11.5 Å². The van der Waals surface area contributed by atoms with Crippen LogP contribution >= 0.6 is 11.8 Å². The van der Waals surface area contributed by atoms with Gasteiger partial charge in [-0.1, -0.05) is 43.3 Å². The summed E-state index contributed by atoms with van der Waals surface area (Å²) in [6.45, 7) is 2.15. The highest BCUT2D eigenvalue weighted by Gasteiger charge is 2.23. The zero-order chi connectivity index (χ0) is 22.3. The highest BCUT2D eigenvalue weighted by molar-refractivity contribution is 8.00. The second-order valence-electron chi connectivity index (χ2n) is 7.29. The van der Waals surface area contributed by atoms with E-state index in [-0.39, 0.29) is 18.6 Å². The molecule has 2 amide bonds. The minimum absolute atomic E-state index is 0.0187. The molecule has 164 valence electrons. The van der Waals surface area contributed by atoms with E-state index in [1.54, 1.807) is 18.2 Å². The van der Waals surface area contributed by atoms with Crippen LogP contribution in [0.2, 0.25) is 0 Å². The smallest absolute Gasteiger partial charge is 0.242 e. The lowest BCUT2D eigenvalue weighted by molar-refractivity contribution is -0.116. The molecule has 3 aromatic carbocycles. The predicted molar refractivity (Wildman–Crippen MR) is 126 cm³/mol. The SMILES string of the molecule is CCCC(=O)Nc1cccc(SC(C(=O)Nc2ccc3c(c2)OCO3)c2ccccc2)c1. The third-order valence-electron chi connectivity index (χ3n) is 4.83. The lowest BCUT2D eigenvalue weighted by Crippen LogP contribution is -2.19. The van der Waals surface area contributed by atoms with Gasteiger partial charge in [0.05, 0.1) is 0 Å². The van der Waals surface area contributed by atoms with Crippen LogP contribution < -0.4 is 20.1 Å². The van der Waals surface area contributed by atoms with E-state index >= 15 is 0 Å². The van der Waals surface area contributed by atoms with E-state index in [2.05, 4.69) is 10.6 Å². The maximum Gasteiger partial charge on any atom is 0.242 e. The van der Waals surface area contributed by atoms with Crippen molar-refractivity contribution in [2.75, 3.05) is 17.4 Å². The van der Waals surface area contributed by atoms with Crippen LogP contribution in [-0.2, 0) is 9.59 Å². The fourth-order valence-electron chi connectivity index (χ4n) is 3.32. The third kappa shape index (κ3) is 5.42. The average molecular weight is 449 g/mol. The summed E-state index contributed by atoms with van der Waals surface area (Å²) in [6, 6.07) is 22.5. The molecule has 0 radical (unpaired) electrons. The molecule has 0 aliphatic carbocycles. The number of anilines is 2. The number of carbonyl (C=O) groups is 2. The molecule has 1 atom stereocenters. The molecule has 1 unspecified atom stereocenters. The maximum absolute atomic E-state index is 13.3. The molecule has 6 nitrogen and oxygen atoms in total. The van der Waals surface area contributed by atoms with Crippen LogP contribution in [0.15, 0.2) is 77.7 Å². The second kappa shape index (κ2) is 10.2. The van der Waals surface area contributed by atoms with Gasteiger partial charge in [-0.25, -0.2) is 0 Å². The van der Waals surface area contributed by atoms with Gasteiger partial charge in [0.15, 0.2) is 11.5 Å². The Morgan fingerprint density at radius 3 is 2.50 bits per heavy atom. The van der Waals surface area contributed by atoms with Gasteiger partial charge in [0.25, 0.3) is 0 Å². The second-order valence-corrected chi connectivity index (χ2v) is 8.47. The number of benzene rings is 3. The Morgan fingerprint density at radius 1 is 0.906 bits per heavy atom. The molecule has 7 heteroatoms. The monoisotopic (exact) mass is 448 g/mol. The third-order valence-corrected chi connectivity index (χ3v) is 6.08. The number of hydrogen-bond donors (Lipinski definition) is 2. The Labute approximate surface area is 191 Å². The molecule has 0 fully saturated rings. The molecule has 0 spiro atoms. The van der Waals surface area contributed by atoms with Crippen LogP contribution in [0, 0.1) is 0 Å². The topological polar surface area (TPSA) is 76.7 Å². The zero-order valence-electron chi connectivity index (χ0n) is 17.7. The first-order valence-corrected chi connectivity index (χ1v) is 11.3. The van der Waals surface area contributed by atoms with Crippen molar-refractivity contribution in [2.45, 2.75) is 29.9 Å². The van der Waals surface area contributed by atoms with E-state index in [0.717, 1.165) is 22.6 Å². The molecule has 0 saturated carbocycles. The molecule has 1 aliphatic rings. The Balaban J connectivity index is 1.54. The van der Waals surface area contributed by atoms with Crippen LogP contribution in [0.1, 0.15) is 30.6 Å². The summed E-state index contributed by atoms with van der Waals surface area (Å²) in [5.74, 6) is 1.11. The van der Waals surface area contributed by atoms with E-state index < -0.39 is 5.25 Å². The molecular formula is C25H24N2O4S. The molecule has 2 N–H and O–H groups in total. The number of thioether (sulfide) groups is 1. The molecule has 3 aromatic rings. The molecular weight excluding hydrogens is 424 g/mol. The molecule has 32 heavy (non-hydrogen) atoms. The van der Waals surface area contributed by atoms with E-state index in [0.29, 0.717) is 23.6 Å². The van der Waals surface area contributed by atoms with Crippen molar-refractivity contribution in [2.24, 2.45) is 0 Å². The van der Waals surface area contributed by atoms with Gasteiger partial charge in [-0.15, -0.1) is 11.8 Å². The molecule has 1 aliphatic heterocycles. The first-order valence-electron chi connectivity index (χ1n) is 10.4. The van der Waals surface area contributed by atoms with E-state index in [4.69, 9.17) is 9.47 Å². The van der Waals surface area contributed by atoms with Crippen LogP contribution in [0.4, 0.5) is 11.4 Å². The summed E-state index contributed by atoms with van der Waals surface area (Å²) in [4.78, 5) is 26.1. The first kappa shape index (κ1) is 21.8. The summed E-state index contributed by atoms with van der Waals surface area (Å²) in [5, 5.41) is 5.42. The fraction of sp³-hybridized carbons (Fsp3) is 0.200. The van der Waals surface area contributed by atoms with E-state index in [1.807, 2.05) is 61.5 Å². The summed E-state index contributed by atoms with van der Waals surface area (Å²) in [6.07, 6.45) is 1.26. The van der Waals surface area contributed by atoms with Crippen molar-refractivity contribution in [1.29, 1.82) is 0 Å². The van der Waals surface area contributed by atoms with Gasteiger partial charge in [0.2, 0.25) is 18.6 Å². The minimum atomic E-state index is -0.483. The maximum atomic E-state index is 13.3. The fourth-order valence-corrected chi connectivity index (χ4v) is 4.40. The lowest BCUT2D eigenvalue weighted by Gasteiger charge is -2.18. The number of fused-ring (bicyclic) bond motifs is 1. The molecule has 4 rings (SSSR count). The van der Waals surface area contributed by atoms with Gasteiger partial charge in [0.1, 0.15) is 5.25 Å². The average Bonchev–Trinajstić information content (AvgIpc) is 3.26. The van der Waals surface area contributed by atoms with Crippen LogP contribution in [0.25, 0.3) is 0 Å². The number of ether oxygens (including phenoxy) is 2. The summed E-state index contributed by atoms with van der Waals surface area (Å²) >= 11 is 1.43. The van der Waals surface area contributed by atoms with Gasteiger partial charge < -0.3 is 20.1 Å². The zero-order valence-corrected chi connectivity index (χ0v) is 18.5. The summed E-state index contributed by atoms with van der Waals surface area (Å²) in [7, 11) is 0. The van der Waals surface area contributed by atoms with Gasteiger partial charge in [-0.2, -0.15) is 0 Å². The highest BCUT2D eigenvalue weighted by Crippen LogP contribution is 2.38. The summed E-state index contributed by atoms with van der Waals surface area (Å²) < 4.78 is 10.7. The normalized spacial score (nSPS) is 12.8. The van der Waals surface area contributed by atoms with Crippen molar-refractivity contribution in [3.05, 3.63) is 78.4 Å². The molecule has 0 saturated heterocycles. The van der Waals surface area contributed by atoms with E-state index in [1.165, 1.54) is 11.8 Å². The first-order chi connectivity index (χ1) is 15.6. The Bertz CT molecular complexity index is 1100. The summed E-state index contributed by atoms with van der Waals surface area (Å²) in [5.41, 5.74) is 2.24. The van der Waals surface area contributed by atoms with Crippen LogP contribution in [0.3, 0.4) is 0 Å². The van der Waals surface area contributed by atoms with Gasteiger partial charge in [-0.3, -0.25) is 9.59 Å². The van der Waals surface area contributed by atoms with Crippen LogP contribution in [0.5, 0.6) is 11.5 Å². The Hall–Kier alpha value is -3.45. The Morgan fingerprint density at radius 2 is 1.69 bits per heavy atom. The van der Waals surface area contributed by atoms with Gasteiger partial charge in [0, 0.05) is 28.8 Å². The number of carbonyl (C=O) groups excluding carboxylic acids is 2. The molecule has 0 aromatic heterocycles. The highest BCUT2D eigenvalue weighted by atomic mass is 32.2.